The fraction of sp³-hybridized carbons (Fsp3) is 0.562. The zero-order chi connectivity index (χ0) is 14.5. The van der Waals surface area contributed by atoms with Crippen molar-refractivity contribution >= 4 is 29.9 Å². The molecule has 0 heterocycles. The van der Waals surface area contributed by atoms with E-state index in [0.29, 0.717) is 6.61 Å². The molecule has 0 bridgehead atoms. The van der Waals surface area contributed by atoms with Crippen LogP contribution in [0.2, 0.25) is 0 Å². The number of halogens is 1. The number of nitrogens with zero attached hydrogens (tertiary/aromatic N) is 1. The molecule has 0 saturated heterocycles. The van der Waals surface area contributed by atoms with Gasteiger partial charge in [0.2, 0.25) is 0 Å². The molecule has 1 aromatic carbocycles. The lowest BCUT2D eigenvalue weighted by atomic mass is 10.2. The maximum Gasteiger partial charge on any atom is 0.190 e. The Morgan fingerprint density at radius 1 is 1.05 bits per heavy atom. The molecule has 0 spiro atoms. The first kappa shape index (κ1) is 20.0. The van der Waals surface area contributed by atoms with E-state index in [1.807, 2.05) is 30.3 Å². The highest BCUT2D eigenvalue weighted by atomic mass is 127. The summed E-state index contributed by atoms with van der Waals surface area (Å²) in [4.78, 5) is 4.20. The quantitative estimate of drug-likeness (QED) is 0.287. The van der Waals surface area contributed by atoms with Crippen LogP contribution < -0.4 is 15.4 Å². The van der Waals surface area contributed by atoms with E-state index in [1.54, 1.807) is 7.05 Å². The zero-order valence-electron chi connectivity index (χ0n) is 13.1. The predicted octanol–water partition coefficient (Wildman–Crippen LogP) is 3.43. The summed E-state index contributed by atoms with van der Waals surface area (Å²) in [6.07, 6.45) is 4.64. The minimum atomic E-state index is 0. The first-order chi connectivity index (χ1) is 9.86. The molecular weight excluding hydrogens is 377 g/mol. The van der Waals surface area contributed by atoms with E-state index < -0.39 is 0 Å². The molecule has 0 atom stereocenters. The fourth-order valence-electron chi connectivity index (χ4n) is 1.79. The molecule has 0 radical (unpaired) electrons. The standard InChI is InChI=1S/C16H27N3O.HI/c1-3-4-8-12-18-16(17-2)19-13-9-14-20-15-10-6-5-7-11-15;/h5-7,10-11H,3-4,8-9,12-14H2,1-2H3,(H2,17,18,19);1H. The molecule has 2 N–H and O–H groups in total. The number of ether oxygens (including phenoxy) is 1. The molecule has 0 amide bonds. The van der Waals surface area contributed by atoms with Crippen molar-refractivity contribution in [2.24, 2.45) is 4.99 Å². The fourth-order valence-corrected chi connectivity index (χ4v) is 1.79. The summed E-state index contributed by atoms with van der Waals surface area (Å²) in [5.74, 6) is 1.80. The van der Waals surface area contributed by atoms with E-state index in [9.17, 15) is 0 Å². The van der Waals surface area contributed by atoms with Crippen LogP contribution >= 0.6 is 24.0 Å². The number of nitrogens with one attached hydrogen (secondary N) is 2. The van der Waals surface area contributed by atoms with Crippen LogP contribution in [0.3, 0.4) is 0 Å². The van der Waals surface area contributed by atoms with Crippen molar-refractivity contribution in [3.05, 3.63) is 30.3 Å². The lowest BCUT2D eigenvalue weighted by Gasteiger charge is -2.12. The SMILES string of the molecule is CCCCCNC(=NC)NCCCOc1ccccc1.I. The molecule has 120 valence electrons. The van der Waals surface area contributed by atoms with Crippen molar-refractivity contribution in [1.29, 1.82) is 0 Å². The number of guanidine groups is 1. The van der Waals surface area contributed by atoms with Gasteiger partial charge in [-0.25, -0.2) is 0 Å². The number of benzene rings is 1. The maximum atomic E-state index is 5.63. The van der Waals surface area contributed by atoms with Gasteiger partial charge in [0, 0.05) is 20.1 Å². The highest BCUT2D eigenvalue weighted by Gasteiger charge is 1.97. The summed E-state index contributed by atoms with van der Waals surface area (Å²) in [7, 11) is 1.80. The Morgan fingerprint density at radius 3 is 2.33 bits per heavy atom. The Balaban J connectivity index is 0.00000400. The largest absolute Gasteiger partial charge is 0.494 e. The van der Waals surface area contributed by atoms with Crippen molar-refractivity contribution < 1.29 is 4.74 Å². The van der Waals surface area contributed by atoms with E-state index in [1.165, 1.54) is 19.3 Å². The van der Waals surface area contributed by atoms with Gasteiger partial charge in [0.05, 0.1) is 6.61 Å². The van der Waals surface area contributed by atoms with Crippen LogP contribution in [0.4, 0.5) is 0 Å². The first-order valence-corrected chi connectivity index (χ1v) is 7.49. The van der Waals surface area contributed by atoms with Crippen LogP contribution in [0.5, 0.6) is 5.75 Å². The third-order valence-corrected chi connectivity index (χ3v) is 2.92. The van der Waals surface area contributed by atoms with Crippen molar-refractivity contribution in [2.45, 2.75) is 32.6 Å². The number of hydrogen-bond donors (Lipinski definition) is 2. The van der Waals surface area contributed by atoms with Crippen LogP contribution in [0.1, 0.15) is 32.6 Å². The number of hydrogen-bond acceptors (Lipinski definition) is 2. The van der Waals surface area contributed by atoms with Crippen LogP contribution in [0.25, 0.3) is 0 Å². The van der Waals surface area contributed by atoms with Crippen LogP contribution in [0.15, 0.2) is 35.3 Å². The summed E-state index contributed by atoms with van der Waals surface area (Å²) < 4.78 is 5.63. The van der Waals surface area contributed by atoms with E-state index in [2.05, 4.69) is 22.5 Å². The van der Waals surface area contributed by atoms with Gasteiger partial charge >= 0.3 is 0 Å². The molecule has 0 aliphatic heterocycles. The van der Waals surface area contributed by atoms with Crippen LogP contribution in [-0.2, 0) is 0 Å². The van der Waals surface area contributed by atoms with E-state index in [0.717, 1.165) is 31.2 Å². The minimum absolute atomic E-state index is 0. The molecular formula is C16H28IN3O. The Kier molecular flexibility index (Phi) is 13.3. The summed E-state index contributed by atoms with van der Waals surface area (Å²) in [5.41, 5.74) is 0. The van der Waals surface area contributed by atoms with Crippen molar-refractivity contribution in [2.75, 3.05) is 26.7 Å². The van der Waals surface area contributed by atoms with E-state index >= 15 is 0 Å². The third kappa shape index (κ3) is 10.4. The molecule has 5 heteroatoms. The molecule has 1 aromatic rings. The topological polar surface area (TPSA) is 45.7 Å². The van der Waals surface area contributed by atoms with Crippen LogP contribution in [-0.4, -0.2) is 32.7 Å². The van der Waals surface area contributed by atoms with Gasteiger partial charge in [-0.2, -0.15) is 0 Å². The molecule has 0 unspecified atom stereocenters. The monoisotopic (exact) mass is 405 g/mol. The molecule has 4 nitrogen and oxygen atoms in total. The van der Waals surface area contributed by atoms with E-state index in [-0.39, 0.29) is 24.0 Å². The Morgan fingerprint density at radius 2 is 1.71 bits per heavy atom. The molecule has 0 fully saturated rings. The first-order valence-electron chi connectivity index (χ1n) is 7.49. The average molecular weight is 405 g/mol. The second kappa shape index (κ2) is 14.0. The predicted molar refractivity (Wildman–Crippen MR) is 101 cm³/mol. The van der Waals surface area contributed by atoms with Gasteiger partial charge in [0.1, 0.15) is 5.75 Å². The third-order valence-electron chi connectivity index (χ3n) is 2.92. The molecule has 21 heavy (non-hydrogen) atoms. The van der Waals surface area contributed by atoms with Gasteiger partial charge in [-0.1, -0.05) is 38.0 Å². The average Bonchev–Trinajstić information content (AvgIpc) is 2.50. The van der Waals surface area contributed by atoms with Gasteiger partial charge in [-0.15, -0.1) is 24.0 Å². The maximum absolute atomic E-state index is 5.63. The highest BCUT2D eigenvalue weighted by molar-refractivity contribution is 14.0. The zero-order valence-corrected chi connectivity index (χ0v) is 15.4. The number of rotatable bonds is 9. The Hall–Kier alpha value is -0.980. The number of unbranched alkanes of at least 4 members (excludes halogenated alkanes) is 2. The molecule has 1 rings (SSSR count). The van der Waals surface area contributed by atoms with Gasteiger partial charge in [-0.3, -0.25) is 4.99 Å². The van der Waals surface area contributed by atoms with Gasteiger partial charge in [0.15, 0.2) is 5.96 Å². The highest BCUT2D eigenvalue weighted by Crippen LogP contribution is 2.07. The molecule has 0 aliphatic carbocycles. The normalized spacial score (nSPS) is 10.7. The summed E-state index contributed by atoms with van der Waals surface area (Å²) in [6, 6.07) is 9.90. The summed E-state index contributed by atoms with van der Waals surface area (Å²) >= 11 is 0. The van der Waals surface area contributed by atoms with Gasteiger partial charge in [-0.05, 0) is 25.0 Å². The smallest absolute Gasteiger partial charge is 0.190 e. The second-order valence-corrected chi connectivity index (χ2v) is 4.65. The van der Waals surface area contributed by atoms with Crippen LogP contribution in [0, 0.1) is 0 Å². The summed E-state index contributed by atoms with van der Waals surface area (Å²) in [6.45, 7) is 4.76. The number of aliphatic imine (C=N–C) groups is 1. The second-order valence-electron chi connectivity index (χ2n) is 4.65. The van der Waals surface area contributed by atoms with Gasteiger partial charge in [0.25, 0.3) is 0 Å². The molecule has 0 saturated carbocycles. The molecule has 0 aliphatic rings. The Labute approximate surface area is 145 Å². The summed E-state index contributed by atoms with van der Waals surface area (Å²) in [5, 5.41) is 6.60. The van der Waals surface area contributed by atoms with Gasteiger partial charge < -0.3 is 15.4 Å². The lowest BCUT2D eigenvalue weighted by Crippen LogP contribution is -2.38. The van der Waals surface area contributed by atoms with Crippen molar-refractivity contribution in [3.63, 3.8) is 0 Å². The van der Waals surface area contributed by atoms with Crippen molar-refractivity contribution in [3.8, 4) is 5.75 Å². The van der Waals surface area contributed by atoms with Crippen molar-refractivity contribution in [1.82, 2.24) is 10.6 Å². The Bertz CT molecular complexity index is 371. The number of para-hydroxylation sites is 1. The van der Waals surface area contributed by atoms with E-state index in [4.69, 9.17) is 4.74 Å². The lowest BCUT2D eigenvalue weighted by molar-refractivity contribution is 0.311. The molecule has 0 aromatic heterocycles. The minimum Gasteiger partial charge on any atom is -0.494 e.